The Balaban J connectivity index is 1.62. The van der Waals surface area contributed by atoms with E-state index in [2.05, 4.69) is 10.5 Å². The predicted octanol–water partition coefficient (Wildman–Crippen LogP) is 2.02. The molecule has 5 aliphatic rings. The minimum atomic E-state index is 0.134. The van der Waals surface area contributed by atoms with Crippen LogP contribution < -0.4 is 5.32 Å². The fourth-order valence-corrected chi connectivity index (χ4v) is 5.71. The van der Waals surface area contributed by atoms with Crippen LogP contribution in [0.1, 0.15) is 38.5 Å². The summed E-state index contributed by atoms with van der Waals surface area (Å²) in [5.74, 6) is 2.65. The van der Waals surface area contributed by atoms with Gasteiger partial charge in [0.25, 0.3) is 0 Å². The number of hydrogen-bond acceptors (Lipinski definition) is 4. The molecule has 5 rings (SSSR count). The van der Waals surface area contributed by atoms with Crippen LogP contribution in [-0.2, 0) is 4.74 Å². The zero-order valence-electron chi connectivity index (χ0n) is 11.5. The van der Waals surface area contributed by atoms with Gasteiger partial charge < -0.3 is 15.3 Å². The van der Waals surface area contributed by atoms with Gasteiger partial charge in [-0.25, -0.2) is 0 Å². The molecule has 106 valence electrons. The third kappa shape index (κ3) is 1.91. The molecule has 0 aromatic heterocycles. The Bertz CT molecular complexity index is 352. The maximum absolute atomic E-state index is 9.63. The Hall–Kier alpha value is -0.610. The van der Waals surface area contributed by atoms with Gasteiger partial charge in [-0.15, -0.1) is 0 Å². The fourth-order valence-electron chi connectivity index (χ4n) is 5.71. The van der Waals surface area contributed by atoms with E-state index in [0.29, 0.717) is 6.61 Å². The standard InChI is InChI=1S/C15H24N2O2/c18-17-14(13-9-19-2-1-16-13)15-6-10-3-11(7-15)5-12(4-10)8-15/h10-13,16,18H,1-9H2/b17-14-. The van der Waals surface area contributed by atoms with E-state index in [-0.39, 0.29) is 11.5 Å². The van der Waals surface area contributed by atoms with Crippen LogP contribution >= 0.6 is 0 Å². The van der Waals surface area contributed by atoms with E-state index in [1.165, 1.54) is 38.5 Å². The van der Waals surface area contributed by atoms with Crippen LogP contribution in [-0.4, -0.2) is 36.7 Å². The number of nitrogens with zero attached hydrogens (tertiary/aromatic N) is 1. The number of rotatable bonds is 2. The second-order valence-electron chi connectivity index (χ2n) is 7.26. The molecule has 2 N–H and O–H groups in total. The van der Waals surface area contributed by atoms with Gasteiger partial charge in [-0.3, -0.25) is 0 Å². The number of morpholine rings is 1. The molecule has 0 radical (unpaired) electrons. The van der Waals surface area contributed by atoms with Crippen molar-refractivity contribution in [2.45, 2.75) is 44.6 Å². The molecule has 1 heterocycles. The second kappa shape index (κ2) is 4.45. The molecule has 4 saturated carbocycles. The molecule has 0 aromatic rings. The van der Waals surface area contributed by atoms with Gasteiger partial charge in [0, 0.05) is 12.0 Å². The second-order valence-corrected chi connectivity index (χ2v) is 7.26. The highest BCUT2D eigenvalue weighted by Gasteiger charge is 2.54. The smallest absolute Gasteiger partial charge is 0.0825 e. The molecule has 4 bridgehead atoms. The molecule has 4 aliphatic carbocycles. The molecule has 1 saturated heterocycles. The average Bonchev–Trinajstić information content (AvgIpc) is 2.38. The van der Waals surface area contributed by atoms with E-state index in [0.717, 1.165) is 36.6 Å². The highest BCUT2D eigenvalue weighted by Crippen LogP contribution is 2.60. The summed E-state index contributed by atoms with van der Waals surface area (Å²) >= 11 is 0. The van der Waals surface area contributed by atoms with Gasteiger partial charge in [0.1, 0.15) is 0 Å². The largest absolute Gasteiger partial charge is 0.411 e. The summed E-state index contributed by atoms with van der Waals surface area (Å²) in [6, 6.07) is 0.134. The quantitative estimate of drug-likeness (QED) is 0.456. The van der Waals surface area contributed by atoms with Gasteiger partial charge in [0.15, 0.2) is 0 Å². The van der Waals surface area contributed by atoms with Crippen LogP contribution in [0.25, 0.3) is 0 Å². The van der Waals surface area contributed by atoms with Crippen molar-refractivity contribution in [3.63, 3.8) is 0 Å². The molecular formula is C15H24N2O2. The lowest BCUT2D eigenvalue weighted by Gasteiger charge is -2.57. The number of oxime groups is 1. The van der Waals surface area contributed by atoms with Crippen molar-refractivity contribution in [3.05, 3.63) is 0 Å². The van der Waals surface area contributed by atoms with Gasteiger partial charge in [0.2, 0.25) is 0 Å². The Morgan fingerprint density at radius 3 is 2.21 bits per heavy atom. The number of ether oxygens (including phenoxy) is 1. The van der Waals surface area contributed by atoms with Crippen LogP contribution in [0.4, 0.5) is 0 Å². The van der Waals surface area contributed by atoms with Crippen LogP contribution in [0.15, 0.2) is 5.16 Å². The van der Waals surface area contributed by atoms with E-state index in [1.807, 2.05) is 0 Å². The average molecular weight is 264 g/mol. The van der Waals surface area contributed by atoms with Crippen molar-refractivity contribution in [2.24, 2.45) is 28.3 Å². The first-order valence-electron chi connectivity index (χ1n) is 7.83. The maximum Gasteiger partial charge on any atom is 0.0825 e. The fraction of sp³-hybridized carbons (Fsp3) is 0.933. The normalized spacial score (nSPS) is 49.6. The summed E-state index contributed by atoms with van der Waals surface area (Å²) in [6.45, 7) is 2.31. The highest BCUT2D eigenvalue weighted by molar-refractivity contribution is 5.95. The highest BCUT2D eigenvalue weighted by atomic mass is 16.5. The molecule has 0 aromatic carbocycles. The van der Waals surface area contributed by atoms with Crippen molar-refractivity contribution in [2.75, 3.05) is 19.8 Å². The van der Waals surface area contributed by atoms with Crippen molar-refractivity contribution in [3.8, 4) is 0 Å². The predicted molar refractivity (Wildman–Crippen MR) is 72.4 cm³/mol. The van der Waals surface area contributed by atoms with Gasteiger partial charge in [-0.05, 0) is 56.3 Å². The summed E-state index contributed by atoms with van der Waals surface area (Å²) in [5.41, 5.74) is 1.19. The number of hydrogen-bond donors (Lipinski definition) is 2. The molecular weight excluding hydrogens is 240 g/mol. The SMILES string of the molecule is O/N=C(/C1COCCN1)C12CC3CC(CC(C3)C1)C2. The lowest BCUT2D eigenvalue weighted by atomic mass is 9.48. The molecule has 5 fully saturated rings. The monoisotopic (exact) mass is 264 g/mol. The zero-order valence-corrected chi connectivity index (χ0v) is 11.5. The lowest BCUT2D eigenvalue weighted by Crippen LogP contribution is -2.58. The van der Waals surface area contributed by atoms with Crippen LogP contribution in [0.2, 0.25) is 0 Å². The lowest BCUT2D eigenvalue weighted by molar-refractivity contribution is -0.0183. The summed E-state index contributed by atoms with van der Waals surface area (Å²) < 4.78 is 5.57. The maximum atomic E-state index is 9.63. The van der Waals surface area contributed by atoms with Crippen molar-refractivity contribution in [1.29, 1.82) is 0 Å². The van der Waals surface area contributed by atoms with Gasteiger partial charge >= 0.3 is 0 Å². The van der Waals surface area contributed by atoms with Crippen LogP contribution in [0.5, 0.6) is 0 Å². The molecule has 19 heavy (non-hydrogen) atoms. The molecule has 0 spiro atoms. The van der Waals surface area contributed by atoms with Gasteiger partial charge in [0.05, 0.1) is 25.0 Å². The first kappa shape index (κ1) is 12.2. The van der Waals surface area contributed by atoms with Gasteiger partial charge in [-0.2, -0.15) is 0 Å². The van der Waals surface area contributed by atoms with Crippen LogP contribution in [0.3, 0.4) is 0 Å². The Kier molecular flexibility index (Phi) is 2.85. The first-order chi connectivity index (χ1) is 9.29. The molecule has 1 aliphatic heterocycles. The molecule has 0 amide bonds. The first-order valence-corrected chi connectivity index (χ1v) is 7.83. The van der Waals surface area contributed by atoms with E-state index < -0.39 is 0 Å². The molecule has 1 atom stereocenters. The molecule has 4 heteroatoms. The Morgan fingerprint density at radius 2 is 1.74 bits per heavy atom. The third-order valence-electron chi connectivity index (χ3n) is 5.94. The minimum absolute atomic E-state index is 0.134. The van der Waals surface area contributed by atoms with Gasteiger partial charge in [-0.1, -0.05) is 5.16 Å². The van der Waals surface area contributed by atoms with E-state index >= 15 is 0 Å². The number of nitrogens with one attached hydrogen (secondary N) is 1. The third-order valence-corrected chi connectivity index (χ3v) is 5.94. The Morgan fingerprint density at radius 1 is 1.11 bits per heavy atom. The van der Waals surface area contributed by atoms with Crippen LogP contribution in [0, 0.1) is 23.2 Å². The molecule has 4 nitrogen and oxygen atoms in total. The molecule has 1 unspecified atom stereocenters. The summed E-state index contributed by atoms with van der Waals surface area (Å²) in [4.78, 5) is 0. The van der Waals surface area contributed by atoms with E-state index in [9.17, 15) is 5.21 Å². The summed E-state index contributed by atoms with van der Waals surface area (Å²) in [7, 11) is 0. The van der Waals surface area contributed by atoms with Crippen molar-refractivity contribution < 1.29 is 9.94 Å². The van der Waals surface area contributed by atoms with Crippen molar-refractivity contribution >= 4 is 5.71 Å². The Labute approximate surface area is 114 Å². The minimum Gasteiger partial charge on any atom is -0.411 e. The topological polar surface area (TPSA) is 53.9 Å². The van der Waals surface area contributed by atoms with E-state index in [1.54, 1.807) is 0 Å². The summed E-state index contributed by atoms with van der Waals surface area (Å²) in [6.07, 6.45) is 8.01. The van der Waals surface area contributed by atoms with E-state index in [4.69, 9.17) is 4.74 Å². The summed E-state index contributed by atoms with van der Waals surface area (Å²) in [5, 5.41) is 16.9. The zero-order chi connectivity index (χ0) is 12.9. The van der Waals surface area contributed by atoms with Crippen molar-refractivity contribution in [1.82, 2.24) is 5.32 Å².